The number of nitro benzene ring substituents is 1. The molecule has 2 N–H and O–H groups in total. The molecule has 0 bridgehead atoms. The summed E-state index contributed by atoms with van der Waals surface area (Å²) in [6.07, 6.45) is 0. The minimum Gasteiger partial charge on any atom is -0.618 e. The van der Waals surface area contributed by atoms with E-state index in [4.69, 9.17) is 11.6 Å². The van der Waals surface area contributed by atoms with Crippen molar-refractivity contribution in [1.29, 1.82) is 0 Å². The molecule has 0 saturated heterocycles. The molecule has 1 aromatic carbocycles. The van der Waals surface area contributed by atoms with Gasteiger partial charge in [-0.1, -0.05) is 16.1 Å². The highest BCUT2D eigenvalue weighted by atomic mass is 79.9. The first-order valence-corrected chi connectivity index (χ1v) is 9.20. The van der Waals surface area contributed by atoms with Gasteiger partial charge in [-0.3, -0.25) is 10.1 Å². The molecule has 0 aliphatic carbocycles. The van der Waals surface area contributed by atoms with E-state index in [-0.39, 0.29) is 20.9 Å². The topological polar surface area (TPSA) is 136 Å². The summed E-state index contributed by atoms with van der Waals surface area (Å²) in [4.78, 5) is 10.7. The predicted octanol–water partition coefficient (Wildman–Crippen LogP) is 3.86. The van der Waals surface area contributed by atoms with Gasteiger partial charge >= 0.3 is 5.69 Å². The SMILES string of the molecule is Cc1c(Cl)c(C)[n+]([O-])c(Br)c1-c1snnc1-c1cc(O)c(O)c([N+](=O)[O-])c1. The number of phenolic OH excluding ortho intramolecular Hbond substituents is 2. The van der Waals surface area contributed by atoms with Gasteiger partial charge in [0.2, 0.25) is 11.4 Å². The molecule has 9 nitrogen and oxygen atoms in total. The summed E-state index contributed by atoms with van der Waals surface area (Å²) in [5.41, 5.74) is 1.00. The Balaban J connectivity index is 2.31. The third kappa shape index (κ3) is 3.07. The number of aromatic hydroxyl groups is 2. The van der Waals surface area contributed by atoms with E-state index in [1.165, 1.54) is 0 Å². The van der Waals surface area contributed by atoms with E-state index in [0.717, 1.165) is 23.7 Å². The smallest absolute Gasteiger partial charge is 0.315 e. The maximum Gasteiger partial charge on any atom is 0.315 e. The lowest BCUT2D eigenvalue weighted by molar-refractivity contribution is -0.623. The van der Waals surface area contributed by atoms with Crippen LogP contribution in [0.1, 0.15) is 11.3 Å². The van der Waals surface area contributed by atoms with Gasteiger partial charge in [0.1, 0.15) is 10.7 Å². The number of nitrogens with zero attached hydrogens (tertiary/aromatic N) is 4. The van der Waals surface area contributed by atoms with Gasteiger partial charge in [0, 0.05) is 34.5 Å². The van der Waals surface area contributed by atoms with Gasteiger partial charge in [0.15, 0.2) is 5.75 Å². The van der Waals surface area contributed by atoms with Crippen molar-refractivity contribution in [3.8, 4) is 33.2 Å². The first-order chi connectivity index (χ1) is 12.6. The van der Waals surface area contributed by atoms with Crippen molar-refractivity contribution in [2.24, 2.45) is 0 Å². The molecule has 0 aliphatic rings. The number of benzene rings is 1. The van der Waals surface area contributed by atoms with E-state index in [1.54, 1.807) is 13.8 Å². The molecular weight excluding hydrogens is 464 g/mol. The Morgan fingerprint density at radius 1 is 1.33 bits per heavy atom. The maximum absolute atomic E-state index is 12.3. The average Bonchev–Trinajstić information content (AvgIpc) is 3.09. The van der Waals surface area contributed by atoms with Crippen LogP contribution in [0, 0.1) is 29.2 Å². The summed E-state index contributed by atoms with van der Waals surface area (Å²) in [6, 6.07) is 2.20. The lowest BCUT2D eigenvalue weighted by atomic mass is 10.0. The number of aromatic nitrogens is 3. The first-order valence-electron chi connectivity index (χ1n) is 7.26. The Kier molecular flexibility index (Phi) is 4.93. The van der Waals surface area contributed by atoms with Crippen LogP contribution in [0.3, 0.4) is 0 Å². The summed E-state index contributed by atoms with van der Waals surface area (Å²) >= 11 is 10.5. The van der Waals surface area contributed by atoms with E-state index in [0.29, 0.717) is 26.4 Å². The van der Waals surface area contributed by atoms with Crippen molar-refractivity contribution in [1.82, 2.24) is 9.59 Å². The number of phenols is 2. The standard InChI is InChI=1S/C15H10BrClN4O5S/c1-5-10(15(16)20(24)6(2)11(5)17)14-12(18-19-27-14)7-3-8(21(25)26)13(23)9(22)4-7/h3-4,22-23H,1-2H3. The lowest BCUT2D eigenvalue weighted by Gasteiger charge is -2.13. The second-order valence-corrected chi connectivity index (χ2v) is 7.44. The fraction of sp³-hybridized carbons (Fsp3) is 0.133. The van der Waals surface area contributed by atoms with Crippen LogP contribution in [0.2, 0.25) is 5.02 Å². The molecule has 0 amide bonds. The third-order valence-electron chi connectivity index (χ3n) is 3.97. The highest BCUT2D eigenvalue weighted by Gasteiger charge is 2.28. The van der Waals surface area contributed by atoms with Crippen molar-refractivity contribution in [2.75, 3.05) is 0 Å². The Labute approximate surface area is 169 Å². The Morgan fingerprint density at radius 3 is 2.63 bits per heavy atom. The van der Waals surface area contributed by atoms with Crippen molar-refractivity contribution in [3.63, 3.8) is 0 Å². The highest BCUT2D eigenvalue weighted by Crippen LogP contribution is 2.44. The van der Waals surface area contributed by atoms with Gasteiger partial charge in [-0.15, -0.1) is 5.10 Å². The summed E-state index contributed by atoms with van der Waals surface area (Å²) in [6.45, 7) is 3.29. The molecule has 0 fully saturated rings. The molecular formula is C15H10BrClN4O5S. The predicted molar refractivity (Wildman–Crippen MR) is 102 cm³/mol. The maximum atomic E-state index is 12.3. The van der Waals surface area contributed by atoms with Gasteiger partial charge in [-0.05, 0) is 30.1 Å². The van der Waals surface area contributed by atoms with Crippen molar-refractivity contribution in [2.45, 2.75) is 13.8 Å². The molecule has 2 aromatic heterocycles. The quantitative estimate of drug-likeness (QED) is 0.147. The third-order valence-corrected chi connectivity index (χ3v) is 5.98. The Bertz CT molecular complexity index is 1080. The van der Waals surface area contributed by atoms with E-state index < -0.39 is 22.1 Å². The number of hydrogen-bond acceptors (Lipinski definition) is 8. The minimum atomic E-state index is -0.846. The monoisotopic (exact) mass is 472 g/mol. The van der Waals surface area contributed by atoms with Crippen LogP contribution in [0.5, 0.6) is 11.5 Å². The summed E-state index contributed by atoms with van der Waals surface area (Å²) in [5.74, 6) is -1.52. The molecule has 0 unspecified atom stereocenters. The van der Waals surface area contributed by atoms with Crippen LogP contribution in [0.4, 0.5) is 5.69 Å². The minimum absolute atomic E-state index is 0.154. The van der Waals surface area contributed by atoms with Crippen LogP contribution in [-0.2, 0) is 0 Å². The molecule has 27 heavy (non-hydrogen) atoms. The molecule has 0 radical (unpaired) electrons. The number of nitro groups is 1. The fourth-order valence-corrected chi connectivity index (χ4v) is 4.42. The Hall–Kier alpha value is -2.50. The normalized spacial score (nSPS) is 11.0. The number of rotatable bonds is 3. The second kappa shape index (κ2) is 6.91. The lowest BCUT2D eigenvalue weighted by Crippen LogP contribution is -2.33. The largest absolute Gasteiger partial charge is 0.618 e. The second-order valence-electron chi connectivity index (χ2n) is 5.56. The Morgan fingerprint density at radius 2 is 2.00 bits per heavy atom. The van der Waals surface area contributed by atoms with E-state index in [1.807, 2.05) is 0 Å². The van der Waals surface area contributed by atoms with Gasteiger partial charge < -0.3 is 15.4 Å². The molecule has 0 saturated carbocycles. The van der Waals surface area contributed by atoms with Crippen LogP contribution >= 0.6 is 39.1 Å². The molecule has 0 atom stereocenters. The van der Waals surface area contributed by atoms with Crippen molar-refractivity contribution in [3.05, 3.63) is 48.3 Å². The van der Waals surface area contributed by atoms with Gasteiger partial charge in [0.25, 0.3) is 4.60 Å². The summed E-state index contributed by atoms with van der Waals surface area (Å²) in [7, 11) is 0. The number of halogens is 2. The fourth-order valence-electron chi connectivity index (χ4n) is 2.56. The van der Waals surface area contributed by atoms with Crippen LogP contribution in [-0.4, -0.2) is 24.7 Å². The van der Waals surface area contributed by atoms with E-state index in [9.17, 15) is 25.5 Å². The van der Waals surface area contributed by atoms with E-state index >= 15 is 0 Å². The molecule has 2 heterocycles. The van der Waals surface area contributed by atoms with Crippen molar-refractivity contribution < 1.29 is 19.9 Å². The van der Waals surface area contributed by atoms with Crippen LogP contribution < -0.4 is 4.73 Å². The average molecular weight is 474 g/mol. The van der Waals surface area contributed by atoms with Gasteiger partial charge in [-0.2, -0.15) is 4.73 Å². The van der Waals surface area contributed by atoms with E-state index in [2.05, 4.69) is 25.5 Å². The zero-order chi connectivity index (χ0) is 20.0. The molecule has 140 valence electrons. The molecule has 12 heteroatoms. The van der Waals surface area contributed by atoms with Crippen molar-refractivity contribution >= 4 is 44.8 Å². The van der Waals surface area contributed by atoms with Crippen LogP contribution in [0.15, 0.2) is 16.7 Å². The molecule has 0 spiro atoms. The zero-order valence-electron chi connectivity index (χ0n) is 13.7. The number of hydrogen-bond donors (Lipinski definition) is 2. The number of pyridine rings is 1. The van der Waals surface area contributed by atoms with Gasteiger partial charge in [0.05, 0.1) is 15.4 Å². The highest BCUT2D eigenvalue weighted by molar-refractivity contribution is 9.10. The summed E-state index contributed by atoms with van der Waals surface area (Å²) in [5, 5.41) is 47.2. The zero-order valence-corrected chi connectivity index (χ0v) is 16.9. The van der Waals surface area contributed by atoms with Crippen LogP contribution in [0.25, 0.3) is 21.7 Å². The molecule has 0 aliphatic heterocycles. The summed E-state index contributed by atoms with van der Waals surface area (Å²) < 4.78 is 4.67. The molecule has 3 rings (SSSR count). The van der Waals surface area contributed by atoms with Gasteiger partial charge in [-0.25, -0.2) is 0 Å². The first kappa shape index (κ1) is 19.3. The molecule has 3 aromatic rings.